The molecule has 10 heteroatoms. The SMILES string of the molecule is CCCc1cc(=O)[nH]c(S[C@H](C)C(=O)Nc2ccc(F)c([N+](=O)[O-])c2)n1. The van der Waals surface area contributed by atoms with Crippen LogP contribution in [0.3, 0.4) is 0 Å². The van der Waals surface area contributed by atoms with Gasteiger partial charge in [-0.1, -0.05) is 25.1 Å². The van der Waals surface area contributed by atoms with Gasteiger partial charge in [0, 0.05) is 23.5 Å². The Morgan fingerprint density at radius 3 is 2.85 bits per heavy atom. The monoisotopic (exact) mass is 380 g/mol. The van der Waals surface area contributed by atoms with Crippen molar-refractivity contribution in [3.63, 3.8) is 0 Å². The highest BCUT2D eigenvalue weighted by molar-refractivity contribution is 8.00. The highest BCUT2D eigenvalue weighted by atomic mass is 32.2. The third-order valence-corrected chi connectivity index (χ3v) is 4.33. The third kappa shape index (κ3) is 5.12. The van der Waals surface area contributed by atoms with E-state index in [-0.39, 0.29) is 11.2 Å². The zero-order valence-corrected chi connectivity index (χ0v) is 14.9. The Balaban J connectivity index is 2.10. The summed E-state index contributed by atoms with van der Waals surface area (Å²) in [5, 5.41) is 12.9. The van der Waals surface area contributed by atoms with Gasteiger partial charge < -0.3 is 10.3 Å². The Bertz CT molecular complexity index is 887. The van der Waals surface area contributed by atoms with Crippen LogP contribution in [0.15, 0.2) is 34.2 Å². The maximum absolute atomic E-state index is 13.3. The fourth-order valence-electron chi connectivity index (χ4n) is 2.12. The molecular formula is C16H17FN4O4S. The van der Waals surface area contributed by atoms with Gasteiger partial charge in [0.15, 0.2) is 5.16 Å². The summed E-state index contributed by atoms with van der Waals surface area (Å²) < 4.78 is 13.3. The van der Waals surface area contributed by atoms with Crippen LogP contribution in [0, 0.1) is 15.9 Å². The van der Waals surface area contributed by atoms with Crippen LogP contribution in [-0.4, -0.2) is 26.0 Å². The number of anilines is 1. The van der Waals surface area contributed by atoms with Gasteiger partial charge in [-0.2, -0.15) is 4.39 Å². The van der Waals surface area contributed by atoms with E-state index in [1.165, 1.54) is 12.1 Å². The first kappa shape index (κ1) is 19.6. The fraction of sp³-hybridized carbons (Fsp3) is 0.312. The van der Waals surface area contributed by atoms with Crippen molar-refractivity contribution >= 4 is 29.0 Å². The number of nitro groups is 1. The van der Waals surface area contributed by atoms with E-state index < -0.39 is 27.6 Å². The number of carbonyl (C=O) groups is 1. The fourth-order valence-corrected chi connectivity index (χ4v) is 2.95. The van der Waals surface area contributed by atoms with Crippen molar-refractivity contribution in [1.29, 1.82) is 0 Å². The van der Waals surface area contributed by atoms with E-state index in [1.807, 2.05) is 6.92 Å². The Hall–Kier alpha value is -2.75. The lowest BCUT2D eigenvalue weighted by molar-refractivity contribution is -0.387. The Kier molecular flexibility index (Phi) is 6.45. The lowest BCUT2D eigenvalue weighted by atomic mass is 10.2. The van der Waals surface area contributed by atoms with E-state index in [0.717, 1.165) is 30.3 Å². The minimum absolute atomic E-state index is 0.108. The highest BCUT2D eigenvalue weighted by Crippen LogP contribution is 2.24. The molecule has 138 valence electrons. The number of nitrogens with one attached hydrogen (secondary N) is 2. The summed E-state index contributed by atoms with van der Waals surface area (Å²) in [5.74, 6) is -1.44. The van der Waals surface area contributed by atoms with Crippen LogP contribution in [0.25, 0.3) is 0 Å². The number of aromatic nitrogens is 2. The maximum atomic E-state index is 13.3. The van der Waals surface area contributed by atoms with Gasteiger partial charge >= 0.3 is 5.69 Å². The molecule has 0 saturated heterocycles. The van der Waals surface area contributed by atoms with Crippen LogP contribution in [-0.2, 0) is 11.2 Å². The van der Waals surface area contributed by atoms with Gasteiger partial charge in [-0.15, -0.1) is 0 Å². The molecule has 0 aliphatic carbocycles. The van der Waals surface area contributed by atoms with Gasteiger partial charge in [0.2, 0.25) is 11.7 Å². The summed E-state index contributed by atoms with van der Waals surface area (Å²) in [6.45, 7) is 3.57. The average molecular weight is 380 g/mol. The van der Waals surface area contributed by atoms with Crippen molar-refractivity contribution in [2.24, 2.45) is 0 Å². The molecule has 0 unspecified atom stereocenters. The summed E-state index contributed by atoms with van der Waals surface area (Å²) >= 11 is 1.05. The van der Waals surface area contributed by atoms with Crippen molar-refractivity contribution in [1.82, 2.24) is 9.97 Å². The molecule has 0 saturated carbocycles. The topological polar surface area (TPSA) is 118 Å². The van der Waals surface area contributed by atoms with Gasteiger partial charge in [0.1, 0.15) is 0 Å². The van der Waals surface area contributed by atoms with Crippen molar-refractivity contribution in [2.45, 2.75) is 37.1 Å². The number of aromatic amines is 1. The molecule has 2 aromatic rings. The van der Waals surface area contributed by atoms with Gasteiger partial charge in [-0.3, -0.25) is 19.7 Å². The summed E-state index contributed by atoms with van der Waals surface area (Å²) in [7, 11) is 0. The number of nitro benzene ring substituents is 1. The van der Waals surface area contributed by atoms with Crippen molar-refractivity contribution in [3.05, 3.63) is 56.2 Å². The van der Waals surface area contributed by atoms with Gasteiger partial charge in [0.25, 0.3) is 5.56 Å². The normalized spacial score (nSPS) is 11.8. The Labute approximate surface area is 152 Å². The molecule has 0 spiro atoms. The molecule has 8 nitrogen and oxygen atoms in total. The molecule has 0 radical (unpaired) electrons. The Morgan fingerprint density at radius 1 is 1.46 bits per heavy atom. The molecule has 26 heavy (non-hydrogen) atoms. The second-order valence-corrected chi connectivity index (χ2v) is 6.79. The number of hydrogen-bond acceptors (Lipinski definition) is 6. The quantitative estimate of drug-likeness (QED) is 0.330. The van der Waals surface area contributed by atoms with Crippen LogP contribution < -0.4 is 10.9 Å². The number of aryl methyl sites for hydroxylation is 1. The van der Waals surface area contributed by atoms with Gasteiger partial charge in [0.05, 0.1) is 10.2 Å². The number of H-pyrrole nitrogens is 1. The van der Waals surface area contributed by atoms with Crippen molar-refractivity contribution < 1.29 is 14.1 Å². The van der Waals surface area contributed by atoms with E-state index in [9.17, 15) is 24.1 Å². The van der Waals surface area contributed by atoms with E-state index in [4.69, 9.17) is 0 Å². The molecule has 1 atom stereocenters. The summed E-state index contributed by atoms with van der Waals surface area (Å²) in [4.78, 5) is 40.7. The first-order chi connectivity index (χ1) is 12.3. The number of thioether (sulfide) groups is 1. The minimum Gasteiger partial charge on any atom is -0.325 e. The largest absolute Gasteiger partial charge is 0.325 e. The number of benzene rings is 1. The standard InChI is InChI=1S/C16H17FN4O4S/c1-3-4-10-8-14(22)20-16(19-10)26-9(2)15(23)18-11-5-6-12(17)13(7-11)21(24)25/h5-9H,3-4H2,1-2H3,(H,18,23)(H,19,20,22)/t9-/m1/s1. The average Bonchev–Trinajstić information content (AvgIpc) is 2.56. The predicted octanol–water partition coefficient (Wildman–Crippen LogP) is 2.89. The van der Waals surface area contributed by atoms with E-state index in [2.05, 4.69) is 15.3 Å². The van der Waals surface area contributed by atoms with Crippen molar-refractivity contribution in [3.8, 4) is 0 Å². The summed E-state index contributed by atoms with van der Waals surface area (Å²) in [6.07, 6.45) is 1.48. The lowest BCUT2D eigenvalue weighted by Crippen LogP contribution is -2.23. The van der Waals surface area contributed by atoms with Crippen LogP contribution in [0.5, 0.6) is 0 Å². The molecule has 0 aliphatic rings. The number of hydrogen-bond donors (Lipinski definition) is 2. The molecule has 0 fully saturated rings. The number of rotatable bonds is 7. The summed E-state index contributed by atoms with van der Waals surface area (Å²) in [6, 6.07) is 4.51. The molecule has 1 heterocycles. The molecule has 1 aromatic heterocycles. The van der Waals surface area contributed by atoms with Crippen LogP contribution in [0.4, 0.5) is 15.8 Å². The number of halogens is 1. The molecular weight excluding hydrogens is 363 g/mol. The first-order valence-electron chi connectivity index (χ1n) is 7.82. The number of amides is 1. The number of carbonyl (C=O) groups excluding carboxylic acids is 1. The van der Waals surface area contributed by atoms with Crippen molar-refractivity contribution in [2.75, 3.05) is 5.32 Å². The molecule has 0 bridgehead atoms. The minimum atomic E-state index is -0.982. The van der Waals surface area contributed by atoms with Gasteiger partial charge in [-0.25, -0.2) is 4.98 Å². The highest BCUT2D eigenvalue weighted by Gasteiger charge is 2.19. The van der Waals surface area contributed by atoms with Gasteiger partial charge in [-0.05, 0) is 25.5 Å². The second-order valence-electron chi connectivity index (χ2n) is 5.46. The van der Waals surface area contributed by atoms with Crippen LogP contribution in [0.2, 0.25) is 0 Å². The van der Waals surface area contributed by atoms with Crippen LogP contribution in [0.1, 0.15) is 26.0 Å². The van der Waals surface area contributed by atoms with E-state index in [0.29, 0.717) is 17.3 Å². The zero-order valence-electron chi connectivity index (χ0n) is 14.1. The second kappa shape index (κ2) is 8.56. The molecule has 0 aliphatic heterocycles. The zero-order chi connectivity index (χ0) is 19.3. The van der Waals surface area contributed by atoms with Crippen LogP contribution >= 0.6 is 11.8 Å². The predicted molar refractivity (Wildman–Crippen MR) is 95.9 cm³/mol. The third-order valence-electron chi connectivity index (χ3n) is 3.35. The molecule has 2 N–H and O–H groups in total. The van der Waals surface area contributed by atoms with E-state index in [1.54, 1.807) is 6.92 Å². The summed E-state index contributed by atoms with van der Waals surface area (Å²) in [5.41, 5.74) is -0.272. The molecule has 2 rings (SSSR count). The lowest BCUT2D eigenvalue weighted by Gasteiger charge is -2.12. The maximum Gasteiger partial charge on any atom is 0.306 e. The number of nitrogens with zero attached hydrogens (tertiary/aromatic N) is 2. The Morgan fingerprint density at radius 2 is 2.19 bits per heavy atom. The molecule has 1 aromatic carbocycles. The smallest absolute Gasteiger partial charge is 0.306 e. The molecule has 1 amide bonds. The van der Waals surface area contributed by atoms with E-state index >= 15 is 0 Å². The first-order valence-corrected chi connectivity index (χ1v) is 8.69.